The van der Waals surface area contributed by atoms with E-state index in [0.717, 1.165) is 18.4 Å². The van der Waals surface area contributed by atoms with Gasteiger partial charge in [-0.15, -0.1) is 0 Å². The lowest BCUT2D eigenvalue weighted by Crippen LogP contribution is -2.31. The van der Waals surface area contributed by atoms with E-state index >= 15 is 0 Å². The Bertz CT molecular complexity index is 721. The van der Waals surface area contributed by atoms with Crippen molar-refractivity contribution in [3.05, 3.63) is 41.5 Å². The molecule has 0 radical (unpaired) electrons. The van der Waals surface area contributed by atoms with Crippen LogP contribution in [0.15, 0.2) is 33.9 Å². The zero-order chi connectivity index (χ0) is 15.0. The molecular formula is C14H17N3O3S. The molecule has 0 saturated carbocycles. The van der Waals surface area contributed by atoms with E-state index in [9.17, 15) is 8.42 Å². The number of hydrogen-bond acceptors (Lipinski definition) is 5. The second kappa shape index (κ2) is 5.23. The largest absolute Gasteiger partial charge is 0.360 e. The van der Waals surface area contributed by atoms with Crippen molar-refractivity contribution < 1.29 is 12.9 Å². The standard InChI is InChI=1S/C14H17N3O3S/c1-10-14(11(2)20-16-10)21(18,19)17-9-3-4-13(17)12-5-7-15-8-6-12/h5-8,13H,3-4,9H2,1-2H3/t13-/m0/s1. The summed E-state index contributed by atoms with van der Waals surface area (Å²) in [6.07, 6.45) is 5.03. The summed E-state index contributed by atoms with van der Waals surface area (Å²) in [5.41, 5.74) is 1.38. The fourth-order valence-corrected chi connectivity index (χ4v) is 4.88. The molecule has 0 aromatic carbocycles. The van der Waals surface area contributed by atoms with Gasteiger partial charge in [0.2, 0.25) is 10.0 Å². The monoisotopic (exact) mass is 307 g/mol. The zero-order valence-electron chi connectivity index (χ0n) is 12.0. The third-order valence-electron chi connectivity index (χ3n) is 3.83. The summed E-state index contributed by atoms with van der Waals surface area (Å²) >= 11 is 0. The lowest BCUT2D eigenvalue weighted by Gasteiger charge is -2.24. The Labute approximate surface area is 123 Å². The Kier molecular flexibility index (Phi) is 3.54. The summed E-state index contributed by atoms with van der Waals surface area (Å²) in [6, 6.07) is 3.59. The van der Waals surface area contributed by atoms with E-state index in [4.69, 9.17) is 4.52 Å². The number of pyridine rings is 1. The van der Waals surface area contributed by atoms with E-state index in [1.807, 2.05) is 12.1 Å². The van der Waals surface area contributed by atoms with Crippen molar-refractivity contribution >= 4 is 10.0 Å². The third-order valence-corrected chi connectivity index (χ3v) is 5.98. The van der Waals surface area contributed by atoms with Crippen LogP contribution < -0.4 is 0 Å². The van der Waals surface area contributed by atoms with Gasteiger partial charge in [0.1, 0.15) is 10.6 Å². The smallest absolute Gasteiger partial charge is 0.249 e. The van der Waals surface area contributed by atoms with Gasteiger partial charge in [0.15, 0.2) is 5.76 Å². The molecular weight excluding hydrogens is 290 g/mol. The minimum absolute atomic E-state index is 0.147. The van der Waals surface area contributed by atoms with Gasteiger partial charge in [-0.3, -0.25) is 4.98 Å². The van der Waals surface area contributed by atoms with Gasteiger partial charge in [-0.2, -0.15) is 4.31 Å². The van der Waals surface area contributed by atoms with Gasteiger partial charge in [-0.1, -0.05) is 5.16 Å². The normalized spacial score (nSPS) is 20.0. The maximum atomic E-state index is 12.9. The second-order valence-corrected chi connectivity index (χ2v) is 7.04. The van der Waals surface area contributed by atoms with Crippen LogP contribution in [0, 0.1) is 13.8 Å². The van der Waals surface area contributed by atoms with Crippen molar-refractivity contribution in [1.29, 1.82) is 0 Å². The van der Waals surface area contributed by atoms with E-state index in [-0.39, 0.29) is 10.9 Å². The molecule has 0 bridgehead atoms. The minimum atomic E-state index is -3.60. The molecule has 3 heterocycles. The molecule has 3 rings (SSSR count). The van der Waals surface area contributed by atoms with Crippen LogP contribution >= 0.6 is 0 Å². The van der Waals surface area contributed by atoms with Gasteiger partial charge < -0.3 is 4.52 Å². The maximum Gasteiger partial charge on any atom is 0.249 e. The van der Waals surface area contributed by atoms with Gasteiger partial charge in [0.25, 0.3) is 0 Å². The molecule has 112 valence electrons. The van der Waals surface area contributed by atoms with Gasteiger partial charge in [0.05, 0.1) is 6.04 Å². The fourth-order valence-electron chi connectivity index (χ4n) is 2.91. The second-order valence-electron chi connectivity index (χ2n) is 5.21. The number of aryl methyl sites for hydroxylation is 2. The highest BCUT2D eigenvalue weighted by Crippen LogP contribution is 2.37. The first-order valence-electron chi connectivity index (χ1n) is 6.86. The average molecular weight is 307 g/mol. The first-order valence-corrected chi connectivity index (χ1v) is 8.30. The van der Waals surface area contributed by atoms with Crippen molar-refractivity contribution in [3.8, 4) is 0 Å². The van der Waals surface area contributed by atoms with Gasteiger partial charge >= 0.3 is 0 Å². The average Bonchev–Trinajstić information content (AvgIpc) is 3.07. The van der Waals surface area contributed by atoms with Crippen molar-refractivity contribution in [2.75, 3.05) is 6.54 Å². The molecule has 2 aromatic heterocycles. The van der Waals surface area contributed by atoms with Crippen LogP contribution in [-0.2, 0) is 10.0 Å². The Balaban J connectivity index is 2.03. The molecule has 0 unspecified atom stereocenters. The summed E-state index contributed by atoms with van der Waals surface area (Å²) in [5.74, 6) is 0.341. The predicted molar refractivity (Wildman–Crippen MR) is 76.1 cm³/mol. The zero-order valence-corrected chi connectivity index (χ0v) is 12.8. The number of rotatable bonds is 3. The Morgan fingerprint density at radius 1 is 1.29 bits per heavy atom. The van der Waals surface area contributed by atoms with Crippen LogP contribution in [0.2, 0.25) is 0 Å². The summed E-state index contributed by atoms with van der Waals surface area (Å²) in [7, 11) is -3.60. The maximum absolute atomic E-state index is 12.9. The topological polar surface area (TPSA) is 76.3 Å². The predicted octanol–water partition coefficient (Wildman–Crippen LogP) is 2.21. The van der Waals surface area contributed by atoms with E-state index in [2.05, 4.69) is 10.1 Å². The van der Waals surface area contributed by atoms with Crippen LogP contribution in [0.3, 0.4) is 0 Å². The van der Waals surface area contributed by atoms with Crippen LogP contribution in [0.5, 0.6) is 0 Å². The van der Waals surface area contributed by atoms with Gasteiger partial charge in [-0.25, -0.2) is 8.42 Å². The first-order chi connectivity index (χ1) is 10.0. The molecule has 1 aliphatic heterocycles. The summed E-state index contributed by atoms with van der Waals surface area (Å²) < 4.78 is 32.4. The fraction of sp³-hybridized carbons (Fsp3) is 0.429. The van der Waals surface area contributed by atoms with E-state index in [0.29, 0.717) is 18.0 Å². The van der Waals surface area contributed by atoms with E-state index in [1.54, 1.807) is 30.5 Å². The minimum Gasteiger partial charge on any atom is -0.360 e. The molecule has 0 aliphatic carbocycles. The third kappa shape index (κ3) is 2.36. The van der Waals surface area contributed by atoms with E-state index < -0.39 is 10.0 Å². The Morgan fingerprint density at radius 2 is 2.00 bits per heavy atom. The number of hydrogen-bond donors (Lipinski definition) is 0. The molecule has 7 heteroatoms. The highest BCUT2D eigenvalue weighted by atomic mass is 32.2. The number of nitrogens with zero attached hydrogens (tertiary/aromatic N) is 3. The molecule has 1 atom stereocenters. The van der Waals surface area contributed by atoms with Crippen LogP contribution in [0.25, 0.3) is 0 Å². The first kappa shape index (κ1) is 14.2. The number of sulfonamides is 1. The molecule has 21 heavy (non-hydrogen) atoms. The van der Waals surface area contributed by atoms with Crippen LogP contribution in [-0.4, -0.2) is 29.4 Å². The Morgan fingerprint density at radius 3 is 2.62 bits per heavy atom. The highest BCUT2D eigenvalue weighted by molar-refractivity contribution is 7.89. The van der Waals surface area contributed by atoms with E-state index in [1.165, 1.54) is 0 Å². The molecule has 0 N–H and O–H groups in total. The van der Waals surface area contributed by atoms with Crippen molar-refractivity contribution in [2.45, 2.75) is 37.6 Å². The van der Waals surface area contributed by atoms with Crippen molar-refractivity contribution in [2.24, 2.45) is 0 Å². The molecule has 0 spiro atoms. The van der Waals surface area contributed by atoms with Gasteiger partial charge in [-0.05, 0) is 44.4 Å². The van der Waals surface area contributed by atoms with Gasteiger partial charge in [0, 0.05) is 18.9 Å². The molecule has 6 nitrogen and oxygen atoms in total. The summed E-state index contributed by atoms with van der Waals surface area (Å²) in [6.45, 7) is 3.80. The summed E-state index contributed by atoms with van der Waals surface area (Å²) in [5, 5.41) is 3.76. The molecule has 1 saturated heterocycles. The van der Waals surface area contributed by atoms with Crippen LogP contribution in [0.4, 0.5) is 0 Å². The Hall–Kier alpha value is -1.73. The molecule has 0 amide bonds. The van der Waals surface area contributed by atoms with Crippen LogP contribution in [0.1, 0.15) is 35.9 Å². The molecule has 2 aromatic rings. The lowest BCUT2D eigenvalue weighted by molar-refractivity contribution is 0.384. The summed E-state index contributed by atoms with van der Waals surface area (Å²) in [4.78, 5) is 4.19. The van der Waals surface area contributed by atoms with Crippen molar-refractivity contribution in [3.63, 3.8) is 0 Å². The molecule has 1 fully saturated rings. The SMILES string of the molecule is Cc1noc(C)c1S(=O)(=O)N1CCC[C@H]1c1ccncc1. The quantitative estimate of drug-likeness (QED) is 0.869. The molecule has 1 aliphatic rings. The lowest BCUT2D eigenvalue weighted by atomic mass is 10.1. The highest BCUT2D eigenvalue weighted by Gasteiger charge is 2.39. The van der Waals surface area contributed by atoms with Crippen molar-refractivity contribution in [1.82, 2.24) is 14.4 Å². The number of aromatic nitrogens is 2.